The molecule has 76 heavy (non-hydrogen) atoms. The van der Waals surface area contributed by atoms with Gasteiger partial charge in [0.1, 0.15) is 11.2 Å². The van der Waals surface area contributed by atoms with E-state index in [0.717, 1.165) is 63.5 Å². The molecule has 0 heterocycles. The van der Waals surface area contributed by atoms with Crippen molar-refractivity contribution in [2.24, 2.45) is 0 Å². The maximum absolute atomic E-state index is 16.4. The summed E-state index contributed by atoms with van der Waals surface area (Å²) in [7, 11) is -6.64. The third-order valence-corrected chi connectivity index (χ3v) is 16.3. The minimum atomic E-state index is -6.64. The average Bonchev–Trinajstić information content (AvgIpc) is 3.37. The molecule has 6 nitrogen and oxygen atoms in total. The van der Waals surface area contributed by atoms with Crippen LogP contribution < -0.4 is 16.2 Å². The highest BCUT2D eigenvalue weighted by Gasteiger charge is 2.69. The third-order valence-electron chi connectivity index (χ3n) is 15.4. The minimum Gasteiger partial charge on any atom is -0.427 e. The smallest absolute Gasteiger partial charge is 0.427 e. The van der Waals surface area contributed by atoms with E-state index in [-0.39, 0.29) is 11.1 Å². The van der Waals surface area contributed by atoms with Gasteiger partial charge in [-0.25, -0.2) is 0 Å². The first-order valence-corrected chi connectivity index (χ1v) is 31.1. The highest BCUT2D eigenvalue weighted by Crippen LogP contribution is 2.53. The monoisotopic (exact) mass is 1100 g/mol. The van der Waals surface area contributed by atoms with Crippen molar-refractivity contribution >= 4 is 21.5 Å². The number of alkyl halides is 7. The molecular weight excluding hydrogens is 1000 g/mol. The number of hydrogen-bond acceptors (Lipinski definition) is 5. The van der Waals surface area contributed by atoms with Gasteiger partial charge >= 0.3 is 27.7 Å². The Bertz CT molecular complexity index is 2030. The van der Waals surface area contributed by atoms with Crippen LogP contribution >= 0.6 is 0 Å². The van der Waals surface area contributed by atoms with E-state index < -0.39 is 44.4 Å². The number of anilines is 2. The van der Waals surface area contributed by atoms with Crippen LogP contribution in [0.5, 0.6) is 5.75 Å². The number of halogens is 7. The SMILES string of the molecule is CCCCCCCCCCCCCCCCCCCCc1cc(C(c2ccc(OC(F)(F)C(F)(F)S(=O)(=O)O)cc2)(c2ccc(N)c(CCCCCCCCCCCCCCCCCCCC)c2)C(F)(F)F)ccc1N. The van der Waals surface area contributed by atoms with Crippen LogP contribution in [0.2, 0.25) is 0 Å². The first kappa shape index (κ1) is 66.8. The summed E-state index contributed by atoms with van der Waals surface area (Å²) in [6, 6.07) is 11.3. The molecule has 5 N–H and O–H groups in total. The molecular formula is C62H97F7N2O4S. The molecule has 0 saturated carbocycles. The molecule has 0 aliphatic rings. The van der Waals surface area contributed by atoms with Crippen molar-refractivity contribution in [2.75, 3.05) is 11.5 Å². The zero-order valence-electron chi connectivity index (χ0n) is 46.5. The highest BCUT2D eigenvalue weighted by molar-refractivity contribution is 7.87. The van der Waals surface area contributed by atoms with E-state index >= 15 is 13.2 Å². The molecule has 0 atom stereocenters. The van der Waals surface area contributed by atoms with Crippen LogP contribution in [0.25, 0.3) is 0 Å². The van der Waals surface area contributed by atoms with Crippen LogP contribution in [0.1, 0.15) is 273 Å². The van der Waals surface area contributed by atoms with E-state index in [4.69, 9.17) is 16.0 Å². The lowest BCUT2D eigenvalue weighted by Crippen LogP contribution is -2.50. The molecule has 0 aliphatic carbocycles. The standard InChI is InChI=1S/C62H97F7N2O4S/c1-3-5-7-9-11-13-15-17-19-21-23-25-27-29-31-33-35-37-39-51-49-54(43-47-57(51)70)59(60(63,64)65,53-41-45-56(46-42-53)75-61(66,67)62(68,69)76(72,73)74)55-44-48-58(71)52(50-55)40-38-36-34-32-30-28-26-24-22-20-18-16-14-12-10-8-6-4-2/h41-50H,3-40,70-71H2,1-2H3,(H,72,73,74). The van der Waals surface area contributed by atoms with E-state index in [9.17, 15) is 26.0 Å². The lowest BCUT2D eigenvalue weighted by atomic mass is 9.68. The normalized spacial score (nSPS) is 12.7. The second kappa shape index (κ2) is 35.9. The summed E-state index contributed by atoms with van der Waals surface area (Å²) in [6.07, 6.45) is 33.4. The molecule has 434 valence electrons. The highest BCUT2D eigenvalue weighted by atomic mass is 32.2. The average molecular weight is 1100 g/mol. The van der Waals surface area contributed by atoms with Gasteiger partial charge in [0.05, 0.1) is 0 Å². The molecule has 0 aliphatic heterocycles. The number of ether oxygens (including phenoxy) is 1. The molecule has 3 rings (SSSR count). The van der Waals surface area contributed by atoms with Gasteiger partial charge < -0.3 is 16.2 Å². The number of nitrogen functional groups attached to an aromatic ring is 2. The number of nitrogens with two attached hydrogens (primary N) is 2. The lowest BCUT2D eigenvalue weighted by molar-refractivity contribution is -0.274. The van der Waals surface area contributed by atoms with Crippen molar-refractivity contribution in [2.45, 2.75) is 281 Å². The van der Waals surface area contributed by atoms with Crippen molar-refractivity contribution < 1.29 is 48.4 Å². The maximum atomic E-state index is 16.4. The van der Waals surface area contributed by atoms with E-state index in [1.807, 2.05) is 0 Å². The Labute approximate surface area is 454 Å². The van der Waals surface area contributed by atoms with Crippen LogP contribution in [-0.4, -0.2) is 30.5 Å². The summed E-state index contributed by atoms with van der Waals surface area (Å²) in [4.78, 5) is 0. The van der Waals surface area contributed by atoms with Crippen molar-refractivity contribution in [1.82, 2.24) is 0 Å². The number of hydrogen-bond donors (Lipinski definition) is 3. The Balaban J connectivity index is 1.69. The maximum Gasteiger partial charge on any atom is 0.483 e. The zero-order chi connectivity index (χ0) is 55.8. The quantitative estimate of drug-likeness (QED) is 0.0171. The summed E-state index contributed by atoms with van der Waals surface area (Å²) >= 11 is 0. The van der Waals surface area contributed by atoms with Gasteiger partial charge in [-0.1, -0.05) is 269 Å². The van der Waals surface area contributed by atoms with Crippen LogP contribution in [0.4, 0.5) is 42.1 Å². The van der Waals surface area contributed by atoms with Crippen molar-refractivity contribution in [3.05, 3.63) is 88.5 Å². The molecule has 0 saturated heterocycles. The Morgan fingerprint density at radius 1 is 0.408 bits per heavy atom. The molecule has 0 fully saturated rings. The first-order valence-electron chi connectivity index (χ1n) is 29.7. The van der Waals surface area contributed by atoms with Gasteiger partial charge in [-0.05, 0) is 77.8 Å². The van der Waals surface area contributed by atoms with Gasteiger partial charge in [-0.2, -0.15) is 39.2 Å². The number of unbranched alkanes of at least 4 members (excludes halogenated alkanes) is 34. The fourth-order valence-corrected chi connectivity index (χ4v) is 11.0. The fourth-order valence-electron chi connectivity index (χ4n) is 10.7. The summed E-state index contributed by atoms with van der Waals surface area (Å²) in [5.74, 6) is -1.06. The van der Waals surface area contributed by atoms with E-state index in [0.29, 0.717) is 60.3 Å². The van der Waals surface area contributed by atoms with Gasteiger partial charge in [0.2, 0.25) is 0 Å². The Hall–Kier alpha value is -3.52. The molecule has 14 heteroatoms. The van der Waals surface area contributed by atoms with Crippen LogP contribution in [0.3, 0.4) is 0 Å². The molecule has 0 spiro atoms. The predicted molar refractivity (Wildman–Crippen MR) is 301 cm³/mol. The largest absolute Gasteiger partial charge is 0.483 e. The van der Waals surface area contributed by atoms with Crippen LogP contribution in [0, 0.1) is 0 Å². The Kier molecular flexibility index (Phi) is 31.5. The van der Waals surface area contributed by atoms with E-state index in [1.54, 1.807) is 0 Å². The molecule has 0 unspecified atom stereocenters. The van der Waals surface area contributed by atoms with Gasteiger partial charge in [0.15, 0.2) is 0 Å². The minimum absolute atomic E-state index is 0.201. The molecule has 0 aromatic heterocycles. The molecule has 3 aromatic carbocycles. The van der Waals surface area contributed by atoms with Gasteiger partial charge in [-0.15, -0.1) is 0 Å². The van der Waals surface area contributed by atoms with Gasteiger partial charge in [0.25, 0.3) is 0 Å². The first-order chi connectivity index (χ1) is 36.3. The summed E-state index contributed by atoms with van der Waals surface area (Å²) < 4.78 is 142. The van der Waals surface area contributed by atoms with Crippen LogP contribution in [0.15, 0.2) is 60.7 Å². The lowest BCUT2D eigenvalue weighted by Gasteiger charge is -2.38. The molecule has 3 aromatic rings. The summed E-state index contributed by atoms with van der Waals surface area (Å²) in [5.41, 5.74) is 10.7. The summed E-state index contributed by atoms with van der Waals surface area (Å²) in [6.45, 7) is 4.49. The summed E-state index contributed by atoms with van der Waals surface area (Å²) in [5, 5.41) is -6.06. The molecule has 0 amide bonds. The zero-order valence-corrected chi connectivity index (χ0v) is 47.3. The van der Waals surface area contributed by atoms with Crippen molar-refractivity contribution in [3.63, 3.8) is 0 Å². The van der Waals surface area contributed by atoms with Gasteiger partial charge in [-0.3, -0.25) is 4.55 Å². The second-order valence-corrected chi connectivity index (χ2v) is 23.2. The predicted octanol–water partition coefficient (Wildman–Crippen LogP) is 20.4. The fraction of sp³-hybridized carbons (Fsp3) is 0.710. The van der Waals surface area contributed by atoms with Gasteiger partial charge in [0, 0.05) is 11.4 Å². The second-order valence-electron chi connectivity index (χ2n) is 21.7. The number of rotatable bonds is 45. The Morgan fingerprint density at radius 2 is 0.671 bits per heavy atom. The molecule has 0 bridgehead atoms. The van der Waals surface area contributed by atoms with Crippen LogP contribution in [-0.2, 0) is 28.4 Å². The van der Waals surface area contributed by atoms with E-state index in [2.05, 4.69) is 18.6 Å². The van der Waals surface area contributed by atoms with Crippen molar-refractivity contribution in [3.8, 4) is 5.75 Å². The molecule has 0 radical (unpaired) electrons. The number of aryl methyl sites for hydroxylation is 2. The topological polar surface area (TPSA) is 116 Å². The third kappa shape index (κ3) is 22.7. The van der Waals surface area contributed by atoms with E-state index in [1.165, 1.54) is 203 Å². The van der Waals surface area contributed by atoms with Crippen molar-refractivity contribution in [1.29, 1.82) is 0 Å². The Morgan fingerprint density at radius 3 is 0.934 bits per heavy atom. The number of benzene rings is 3.